The smallest absolute Gasteiger partial charge is 0.163 e. The molecule has 0 radical (unpaired) electrons. The molecule has 0 amide bonds. The van der Waals surface area contributed by atoms with Crippen molar-refractivity contribution in [2.45, 2.75) is 32.2 Å². The van der Waals surface area contributed by atoms with E-state index in [1.54, 1.807) is 14.2 Å². The lowest BCUT2D eigenvalue weighted by Gasteiger charge is -2.15. The highest BCUT2D eigenvalue weighted by molar-refractivity contribution is 5.49. The van der Waals surface area contributed by atoms with Gasteiger partial charge in [0.25, 0.3) is 0 Å². The summed E-state index contributed by atoms with van der Waals surface area (Å²) in [7, 11) is 3.37. The van der Waals surface area contributed by atoms with Gasteiger partial charge in [-0.15, -0.1) is 0 Å². The van der Waals surface area contributed by atoms with Gasteiger partial charge in [-0.05, 0) is 49.9 Å². The number of aryl methyl sites for hydroxylation is 1. The van der Waals surface area contributed by atoms with Crippen LogP contribution in [-0.4, -0.2) is 26.8 Å². The maximum atomic E-state index is 5.38. The standard InChI is InChI=1S/C14H21NO2/c1-10-7-11(8-12-5-4-6-15-12)9-13(16-2)14(10)17-3/h7,9,12,15H,4-6,8H2,1-3H3. The molecule has 0 saturated carbocycles. The highest BCUT2D eigenvalue weighted by Crippen LogP contribution is 2.32. The number of methoxy groups -OCH3 is 2. The Morgan fingerprint density at radius 3 is 2.71 bits per heavy atom. The van der Waals surface area contributed by atoms with E-state index < -0.39 is 0 Å². The van der Waals surface area contributed by atoms with Crippen LogP contribution in [0, 0.1) is 6.92 Å². The number of hydrogen-bond acceptors (Lipinski definition) is 3. The third kappa shape index (κ3) is 2.72. The van der Waals surface area contributed by atoms with E-state index in [9.17, 15) is 0 Å². The molecular weight excluding hydrogens is 214 g/mol. The van der Waals surface area contributed by atoms with Crippen LogP contribution in [0.1, 0.15) is 24.0 Å². The SMILES string of the molecule is COc1cc(CC2CCCN2)cc(C)c1OC. The molecule has 1 N–H and O–H groups in total. The molecule has 1 heterocycles. The highest BCUT2D eigenvalue weighted by atomic mass is 16.5. The zero-order valence-electron chi connectivity index (χ0n) is 10.9. The van der Waals surface area contributed by atoms with Gasteiger partial charge in [0.05, 0.1) is 14.2 Å². The van der Waals surface area contributed by atoms with Crippen molar-refractivity contribution in [3.8, 4) is 11.5 Å². The topological polar surface area (TPSA) is 30.5 Å². The van der Waals surface area contributed by atoms with Gasteiger partial charge in [-0.3, -0.25) is 0 Å². The molecule has 0 bridgehead atoms. The molecule has 0 aromatic heterocycles. The third-order valence-corrected chi connectivity index (χ3v) is 3.37. The summed E-state index contributed by atoms with van der Waals surface area (Å²) in [5.41, 5.74) is 2.46. The molecule has 3 nitrogen and oxygen atoms in total. The van der Waals surface area contributed by atoms with Gasteiger partial charge < -0.3 is 14.8 Å². The van der Waals surface area contributed by atoms with Crippen LogP contribution in [0.3, 0.4) is 0 Å². The molecule has 1 aromatic rings. The van der Waals surface area contributed by atoms with Gasteiger partial charge in [0.15, 0.2) is 11.5 Å². The van der Waals surface area contributed by atoms with E-state index in [1.807, 2.05) is 0 Å². The number of hydrogen-bond donors (Lipinski definition) is 1. The van der Waals surface area contributed by atoms with Crippen LogP contribution >= 0.6 is 0 Å². The van der Waals surface area contributed by atoms with Gasteiger partial charge in [0.2, 0.25) is 0 Å². The molecule has 1 aliphatic rings. The Bertz CT molecular complexity index is 384. The Balaban J connectivity index is 2.19. The zero-order valence-corrected chi connectivity index (χ0v) is 10.9. The molecule has 3 heteroatoms. The average Bonchev–Trinajstić information content (AvgIpc) is 2.81. The minimum atomic E-state index is 0.618. The minimum Gasteiger partial charge on any atom is -0.493 e. The first-order chi connectivity index (χ1) is 8.24. The maximum Gasteiger partial charge on any atom is 0.163 e. The number of rotatable bonds is 4. The summed E-state index contributed by atoms with van der Waals surface area (Å²) in [4.78, 5) is 0. The maximum absolute atomic E-state index is 5.38. The summed E-state index contributed by atoms with van der Waals surface area (Å²) in [6.45, 7) is 3.21. The van der Waals surface area contributed by atoms with Crippen molar-refractivity contribution in [2.75, 3.05) is 20.8 Å². The van der Waals surface area contributed by atoms with Crippen LogP contribution in [0.4, 0.5) is 0 Å². The first-order valence-corrected chi connectivity index (χ1v) is 6.19. The molecular formula is C14H21NO2. The van der Waals surface area contributed by atoms with E-state index >= 15 is 0 Å². The number of ether oxygens (including phenoxy) is 2. The van der Waals surface area contributed by atoms with E-state index in [-0.39, 0.29) is 0 Å². The second kappa shape index (κ2) is 5.41. The lowest BCUT2D eigenvalue weighted by Crippen LogP contribution is -2.23. The van der Waals surface area contributed by atoms with Crippen LogP contribution in [0.15, 0.2) is 12.1 Å². The molecule has 0 aliphatic carbocycles. The number of benzene rings is 1. The largest absolute Gasteiger partial charge is 0.493 e. The average molecular weight is 235 g/mol. The minimum absolute atomic E-state index is 0.618. The van der Waals surface area contributed by atoms with E-state index in [1.165, 1.54) is 18.4 Å². The van der Waals surface area contributed by atoms with E-state index in [4.69, 9.17) is 9.47 Å². The van der Waals surface area contributed by atoms with E-state index in [0.717, 1.165) is 30.0 Å². The second-order valence-corrected chi connectivity index (χ2v) is 4.65. The van der Waals surface area contributed by atoms with Gasteiger partial charge in [-0.1, -0.05) is 6.07 Å². The fourth-order valence-electron chi connectivity index (χ4n) is 2.56. The summed E-state index contributed by atoms with van der Waals surface area (Å²) in [6.07, 6.45) is 3.63. The first kappa shape index (κ1) is 12.2. The molecule has 1 fully saturated rings. The van der Waals surface area contributed by atoms with Crippen molar-refractivity contribution >= 4 is 0 Å². The summed E-state index contributed by atoms with van der Waals surface area (Å²) in [5, 5.41) is 3.52. The third-order valence-electron chi connectivity index (χ3n) is 3.37. The summed E-state index contributed by atoms with van der Waals surface area (Å²) < 4.78 is 10.7. The highest BCUT2D eigenvalue weighted by Gasteiger charge is 2.16. The molecule has 0 spiro atoms. The second-order valence-electron chi connectivity index (χ2n) is 4.65. The molecule has 1 aromatic carbocycles. The van der Waals surface area contributed by atoms with Crippen LogP contribution in [0.5, 0.6) is 11.5 Å². The Kier molecular flexibility index (Phi) is 3.89. The predicted molar refractivity (Wildman–Crippen MR) is 69.0 cm³/mol. The molecule has 1 aliphatic heterocycles. The van der Waals surface area contributed by atoms with Gasteiger partial charge in [-0.2, -0.15) is 0 Å². The Labute approximate surface area is 103 Å². The lowest BCUT2D eigenvalue weighted by molar-refractivity contribution is 0.352. The van der Waals surface area contributed by atoms with Crippen LogP contribution in [0.2, 0.25) is 0 Å². The Hall–Kier alpha value is -1.22. The van der Waals surface area contributed by atoms with Gasteiger partial charge in [0.1, 0.15) is 0 Å². The Morgan fingerprint density at radius 1 is 1.29 bits per heavy atom. The van der Waals surface area contributed by atoms with Crippen molar-refractivity contribution in [1.29, 1.82) is 0 Å². The normalized spacial score (nSPS) is 19.4. The fraction of sp³-hybridized carbons (Fsp3) is 0.571. The lowest BCUT2D eigenvalue weighted by atomic mass is 10.0. The molecule has 1 unspecified atom stereocenters. The molecule has 94 valence electrons. The van der Waals surface area contributed by atoms with Crippen LogP contribution in [-0.2, 0) is 6.42 Å². The quantitative estimate of drug-likeness (QED) is 0.868. The van der Waals surface area contributed by atoms with Gasteiger partial charge >= 0.3 is 0 Å². The molecule has 1 atom stereocenters. The van der Waals surface area contributed by atoms with E-state index in [2.05, 4.69) is 24.4 Å². The van der Waals surface area contributed by atoms with Crippen LogP contribution in [0.25, 0.3) is 0 Å². The van der Waals surface area contributed by atoms with Crippen LogP contribution < -0.4 is 14.8 Å². The monoisotopic (exact) mass is 235 g/mol. The molecule has 2 rings (SSSR count). The molecule has 1 saturated heterocycles. The van der Waals surface area contributed by atoms with Crippen molar-refractivity contribution in [1.82, 2.24) is 5.32 Å². The first-order valence-electron chi connectivity index (χ1n) is 6.19. The predicted octanol–water partition coefficient (Wildman–Crippen LogP) is 2.31. The van der Waals surface area contributed by atoms with Crippen molar-refractivity contribution in [2.24, 2.45) is 0 Å². The Morgan fingerprint density at radius 2 is 2.12 bits per heavy atom. The van der Waals surface area contributed by atoms with E-state index in [0.29, 0.717) is 6.04 Å². The summed E-state index contributed by atoms with van der Waals surface area (Å²) in [6, 6.07) is 4.90. The summed E-state index contributed by atoms with van der Waals surface area (Å²) >= 11 is 0. The number of nitrogens with one attached hydrogen (secondary N) is 1. The van der Waals surface area contributed by atoms with Gasteiger partial charge in [0, 0.05) is 6.04 Å². The van der Waals surface area contributed by atoms with Crippen molar-refractivity contribution in [3.05, 3.63) is 23.3 Å². The van der Waals surface area contributed by atoms with Gasteiger partial charge in [-0.25, -0.2) is 0 Å². The molecule has 17 heavy (non-hydrogen) atoms. The fourth-order valence-corrected chi connectivity index (χ4v) is 2.56. The van der Waals surface area contributed by atoms with Crippen molar-refractivity contribution in [3.63, 3.8) is 0 Å². The van der Waals surface area contributed by atoms with Crippen molar-refractivity contribution < 1.29 is 9.47 Å². The summed E-state index contributed by atoms with van der Waals surface area (Å²) in [5.74, 6) is 1.68. The zero-order chi connectivity index (χ0) is 12.3.